The van der Waals surface area contributed by atoms with Crippen molar-refractivity contribution >= 4 is 46.4 Å². The van der Waals surface area contributed by atoms with Crippen LogP contribution >= 0.6 is 46.4 Å². The van der Waals surface area contributed by atoms with Gasteiger partial charge in [0.1, 0.15) is 0 Å². The molecule has 2 aromatic carbocycles. The molecular formula is C13H6Cl4F2. The van der Waals surface area contributed by atoms with Gasteiger partial charge in [0.05, 0.1) is 5.38 Å². The molecule has 100 valence electrons. The lowest BCUT2D eigenvalue weighted by Crippen LogP contribution is -1.98. The maximum atomic E-state index is 13.3. The largest absolute Gasteiger partial charge is 0.204 e. The molecule has 1 unspecified atom stereocenters. The Labute approximate surface area is 128 Å². The molecule has 0 nitrogen and oxygen atoms in total. The van der Waals surface area contributed by atoms with Crippen LogP contribution in [0.4, 0.5) is 8.78 Å². The molecule has 2 aromatic rings. The molecular weight excluding hydrogens is 336 g/mol. The van der Waals surface area contributed by atoms with Crippen molar-refractivity contribution in [1.82, 2.24) is 0 Å². The summed E-state index contributed by atoms with van der Waals surface area (Å²) in [6.45, 7) is 0. The Balaban J connectivity index is 2.49. The predicted octanol–water partition coefficient (Wildman–Crippen LogP) is 6.25. The van der Waals surface area contributed by atoms with Crippen LogP contribution in [0.3, 0.4) is 0 Å². The second-order valence-electron chi connectivity index (χ2n) is 3.82. The summed E-state index contributed by atoms with van der Waals surface area (Å²) >= 11 is 23.9. The third kappa shape index (κ3) is 3.14. The highest BCUT2D eigenvalue weighted by molar-refractivity contribution is 6.36. The van der Waals surface area contributed by atoms with Crippen molar-refractivity contribution in [1.29, 1.82) is 0 Å². The highest BCUT2D eigenvalue weighted by Crippen LogP contribution is 2.38. The van der Waals surface area contributed by atoms with E-state index in [0.29, 0.717) is 15.6 Å². The van der Waals surface area contributed by atoms with Gasteiger partial charge >= 0.3 is 0 Å². The average Bonchev–Trinajstić information content (AvgIpc) is 2.33. The van der Waals surface area contributed by atoms with E-state index in [0.717, 1.165) is 12.1 Å². The Morgan fingerprint density at radius 3 is 2.00 bits per heavy atom. The molecule has 2 rings (SSSR count). The Kier molecular flexibility index (Phi) is 4.57. The van der Waals surface area contributed by atoms with E-state index in [1.165, 1.54) is 6.07 Å². The first-order valence-corrected chi connectivity index (χ1v) is 6.70. The highest BCUT2D eigenvalue weighted by Gasteiger charge is 2.19. The topological polar surface area (TPSA) is 0 Å². The molecule has 0 spiro atoms. The van der Waals surface area contributed by atoms with E-state index in [-0.39, 0.29) is 10.6 Å². The van der Waals surface area contributed by atoms with E-state index in [1.54, 1.807) is 12.1 Å². The summed E-state index contributed by atoms with van der Waals surface area (Å²) in [6, 6.07) is 6.57. The standard InChI is InChI=1S/C13H6Cl4F2/c14-6-1-2-7(9(15)3-6)13(17)8-4-11(18)12(19)5-10(8)16/h1-5,13H. The van der Waals surface area contributed by atoms with Gasteiger partial charge in [0, 0.05) is 15.1 Å². The van der Waals surface area contributed by atoms with Crippen molar-refractivity contribution in [2.45, 2.75) is 5.38 Å². The minimum Gasteiger partial charge on any atom is -0.204 e. The molecule has 0 saturated heterocycles. The molecule has 1 atom stereocenters. The van der Waals surface area contributed by atoms with Crippen LogP contribution < -0.4 is 0 Å². The van der Waals surface area contributed by atoms with Gasteiger partial charge in [-0.05, 0) is 35.4 Å². The van der Waals surface area contributed by atoms with Crippen LogP contribution in [0.5, 0.6) is 0 Å². The van der Waals surface area contributed by atoms with Gasteiger partial charge in [-0.3, -0.25) is 0 Å². The van der Waals surface area contributed by atoms with Crippen molar-refractivity contribution < 1.29 is 8.78 Å². The lowest BCUT2D eigenvalue weighted by molar-refractivity contribution is 0.507. The SMILES string of the molecule is Fc1cc(Cl)c(C(Cl)c2ccc(Cl)cc2Cl)cc1F. The van der Waals surface area contributed by atoms with Crippen molar-refractivity contribution in [2.24, 2.45) is 0 Å². The summed E-state index contributed by atoms with van der Waals surface area (Å²) in [7, 11) is 0. The molecule has 0 radical (unpaired) electrons. The molecule has 0 N–H and O–H groups in total. The van der Waals surface area contributed by atoms with Gasteiger partial charge in [0.15, 0.2) is 11.6 Å². The second-order valence-corrected chi connectivity index (χ2v) is 5.50. The zero-order valence-electron chi connectivity index (χ0n) is 9.23. The molecule has 0 heterocycles. The Hall–Kier alpha value is -0.540. The van der Waals surface area contributed by atoms with Crippen LogP contribution in [0.1, 0.15) is 16.5 Å². The smallest absolute Gasteiger partial charge is 0.160 e. The summed E-state index contributed by atoms with van der Waals surface area (Å²) < 4.78 is 26.3. The lowest BCUT2D eigenvalue weighted by Gasteiger charge is -2.14. The highest BCUT2D eigenvalue weighted by atomic mass is 35.5. The van der Waals surface area contributed by atoms with E-state index in [4.69, 9.17) is 46.4 Å². The molecule has 0 amide bonds. The van der Waals surface area contributed by atoms with Crippen LogP contribution in [0.15, 0.2) is 30.3 Å². The van der Waals surface area contributed by atoms with Gasteiger partial charge < -0.3 is 0 Å². The van der Waals surface area contributed by atoms with Crippen LogP contribution in [0.25, 0.3) is 0 Å². The Morgan fingerprint density at radius 1 is 0.789 bits per heavy atom. The summed E-state index contributed by atoms with van der Waals surface area (Å²) in [5.41, 5.74) is 0.757. The fraction of sp³-hybridized carbons (Fsp3) is 0.0769. The quantitative estimate of drug-likeness (QED) is 0.447. The Bertz CT molecular complexity index is 628. The zero-order chi connectivity index (χ0) is 14.2. The normalized spacial score (nSPS) is 12.5. The fourth-order valence-electron chi connectivity index (χ4n) is 1.61. The van der Waals surface area contributed by atoms with E-state index < -0.39 is 17.0 Å². The molecule has 0 saturated carbocycles. The minimum atomic E-state index is -1.03. The first-order valence-electron chi connectivity index (χ1n) is 5.13. The second kappa shape index (κ2) is 5.84. The summed E-state index contributed by atoms with van der Waals surface area (Å²) in [5.74, 6) is -2.05. The maximum Gasteiger partial charge on any atom is 0.160 e. The predicted molar refractivity (Wildman–Crippen MR) is 75.5 cm³/mol. The van der Waals surface area contributed by atoms with E-state index in [1.807, 2.05) is 0 Å². The summed E-state index contributed by atoms with van der Waals surface area (Å²) in [5, 5.41) is 0.0135. The van der Waals surface area contributed by atoms with Crippen LogP contribution in [-0.4, -0.2) is 0 Å². The van der Waals surface area contributed by atoms with Crippen molar-refractivity contribution in [2.75, 3.05) is 0 Å². The van der Waals surface area contributed by atoms with Gasteiger partial charge in [0.25, 0.3) is 0 Å². The third-order valence-electron chi connectivity index (χ3n) is 2.55. The number of rotatable bonds is 2. The molecule has 0 aromatic heterocycles. The monoisotopic (exact) mass is 340 g/mol. The van der Waals surface area contributed by atoms with Crippen molar-refractivity contribution in [3.05, 3.63) is 68.2 Å². The molecule has 19 heavy (non-hydrogen) atoms. The first-order chi connectivity index (χ1) is 8.90. The number of alkyl halides is 1. The molecule has 0 aliphatic heterocycles. The van der Waals surface area contributed by atoms with Gasteiger partial charge in [0.2, 0.25) is 0 Å². The lowest BCUT2D eigenvalue weighted by atomic mass is 10.0. The molecule has 0 bridgehead atoms. The van der Waals surface area contributed by atoms with Crippen molar-refractivity contribution in [3.8, 4) is 0 Å². The van der Waals surface area contributed by atoms with E-state index in [2.05, 4.69) is 0 Å². The van der Waals surface area contributed by atoms with Gasteiger partial charge in [-0.15, -0.1) is 11.6 Å². The van der Waals surface area contributed by atoms with Crippen LogP contribution in [0.2, 0.25) is 15.1 Å². The summed E-state index contributed by atoms with van der Waals surface area (Å²) in [6.07, 6.45) is 0. The van der Waals surface area contributed by atoms with Crippen molar-refractivity contribution in [3.63, 3.8) is 0 Å². The van der Waals surface area contributed by atoms with Gasteiger partial charge in [-0.1, -0.05) is 40.9 Å². The first kappa shape index (κ1) is 14.9. The van der Waals surface area contributed by atoms with E-state index >= 15 is 0 Å². The molecule has 0 fully saturated rings. The molecule has 0 aliphatic carbocycles. The molecule has 6 heteroatoms. The number of benzene rings is 2. The zero-order valence-corrected chi connectivity index (χ0v) is 12.3. The molecule has 0 aliphatic rings. The van der Waals surface area contributed by atoms with Gasteiger partial charge in [-0.25, -0.2) is 8.78 Å². The van der Waals surface area contributed by atoms with Crippen LogP contribution in [0, 0.1) is 11.6 Å². The number of hydrogen-bond acceptors (Lipinski definition) is 0. The fourth-order valence-corrected chi connectivity index (χ4v) is 2.87. The number of halogens is 6. The third-order valence-corrected chi connectivity index (χ3v) is 3.91. The number of hydrogen-bond donors (Lipinski definition) is 0. The Morgan fingerprint density at radius 2 is 1.37 bits per heavy atom. The van der Waals surface area contributed by atoms with Crippen LogP contribution in [-0.2, 0) is 0 Å². The summed E-state index contributed by atoms with van der Waals surface area (Å²) in [4.78, 5) is 0. The maximum absolute atomic E-state index is 13.3. The van der Waals surface area contributed by atoms with Gasteiger partial charge in [-0.2, -0.15) is 0 Å². The minimum absolute atomic E-state index is 0.0323. The van der Waals surface area contributed by atoms with E-state index in [9.17, 15) is 8.78 Å². The average molecular weight is 342 g/mol.